The molecular weight excluding hydrogens is 374 g/mol. The van der Waals surface area contributed by atoms with Crippen LogP contribution in [0.15, 0.2) is 35.3 Å². The summed E-state index contributed by atoms with van der Waals surface area (Å²) in [6.07, 6.45) is 1.67. The van der Waals surface area contributed by atoms with Crippen molar-refractivity contribution in [2.45, 2.75) is 25.8 Å². The summed E-state index contributed by atoms with van der Waals surface area (Å²) in [6.45, 7) is 8.87. The molecule has 7 nitrogen and oxygen atoms in total. The van der Waals surface area contributed by atoms with E-state index in [4.69, 9.17) is 0 Å². The molecule has 0 amide bonds. The first kappa shape index (κ1) is 20.9. The van der Waals surface area contributed by atoms with E-state index in [-0.39, 0.29) is 17.5 Å². The molecule has 1 atom stereocenters. The number of hydrogen-bond acceptors (Lipinski definition) is 5. The number of piperazine rings is 1. The number of guanidine groups is 1. The normalized spacial score (nSPS) is 23.0. The zero-order chi connectivity index (χ0) is 19.8. The van der Waals surface area contributed by atoms with E-state index in [1.165, 1.54) is 5.69 Å². The third-order valence-corrected chi connectivity index (χ3v) is 7.08. The molecule has 1 aromatic rings. The Balaban J connectivity index is 1.37. The van der Waals surface area contributed by atoms with Gasteiger partial charge in [-0.15, -0.1) is 0 Å². The number of aliphatic imine (C=N–C) groups is 1. The van der Waals surface area contributed by atoms with Crippen molar-refractivity contribution in [2.75, 3.05) is 62.2 Å². The Morgan fingerprint density at radius 3 is 2.57 bits per heavy atom. The van der Waals surface area contributed by atoms with Crippen LogP contribution >= 0.6 is 0 Å². The van der Waals surface area contributed by atoms with Crippen LogP contribution in [0.4, 0.5) is 5.69 Å². The molecule has 0 aromatic heterocycles. The van der Waals surface area contributed by atoms with E-state index in [0.29, 0.717) is 6.42 Å². The maximum atomic E-state index is 11.6. The Morgan fingerprint density at radius 2 is 1.93 bits per heavy atom. The summed E-state index contributed by atoms with van der Waals surface area (Å²) < 4.78 is 23.2. The van der Waals surface area contributed by atoms with Gasteiger partial charge in [0.1, 0.15) is 0 Å². The lowest BCUT2D eigenvalue weighted by atomic mass is 10.2. The molecular formula is C20H33N5O2S. The molecule has 2 fully saturated rings. The summed E-state index contributed by atoms with van der Waals surface area (Å²) in [6, 6.07) is 10.6. The smallest absolute Gasteiger partial charge is 0.191 e. The van der Waals surface area contributed by atoms with Crippen LogP contribution in [0.25, 0.3) is 0 Å². The first-order valence-corrected chi connectivity index (χ1v) is 12.2. The molecule has 156 valence electrons. The predicted octanol–water partition coefficient (Wildman–Crippen LogP) is 0.941. The fourth-order valence-electron chi connectivity index (χ4n) is 3.78. The third-order valence-electron chi connectivity index (χ3n) is 5.31. The molecule has 0 aliphatic carbocycles. The van der Waals surface area contributed by atoms with Gasteiger partial charge in [-0.2, -0.15) is 0 Å². The van der Waals surface area contributed by atoms with Crippen LogP contribution in [-0.2, 0) is 9.84 Å². The highest BCUT2D eigenvalue weighted by Crippen LogP contribution is 2.15. The number of nitrogens with zero attached hydrogens (tertiary/aromatic N) is 3. The van der Waals surface area contributed by atoms with Crippen LogP contribution in [0.3, 0.4) is 0 Å². The third kappa shape index (κ3) is 6.38. The van der Waals surface area contributed by atoms with Crippen LogP contribution in [-0.4, -0.2) is 82.6 Å². The van der Waals surface area contributed by atoms with Gasteiger partial charge in [-0.05, 0) is 31.9 Å². The van der Waals surface area contributed by atoms with Crippen molar-refractivity contribution in [1.82, 2.24) is 15.5 Å². The average molecular weight is 408 g/mol. The Bertz CT molecular complexity index is 730. The summed E-state index contributed by atoms with van der Waals surface area (Å²) >= 11 is 0. The summed E-state index contributed by atoms with van der Waals surface area (Å²) in [5.74, 6) is 1.22. The van der Waals surface area contributed by atoms with Crippen LogP contribution < -0.4 is 15.5 Å². The highest BCUT2D eigenvalue weighted by Gasteiger charge is 2.28. The summed E-state index contributed by atoms with van der Waals surface area (Å²) in [4.78, 5) is 9.57. The molecule has 2 N–H and O–H groups in total. The van der Waals surface area contributed by atoms with E-state index in [1.54, 1.807) is 0 Å². The van der Waals surface area contributed by atoms with Gasteiger partial charge in [-0.3, -0.25) is 9.89 Å². The first-order valence-electron chi connectivity index (χ1n) is 10.3. The van der Waals surface area contributed by atoms with Gasteiger partial charge in [0.2, 0.25) is 0 Å². The SMILES string of the molecule is CCNC(=NCCCN1CCN(c2ccccc2)CC1)NC1CCS(=O)(=O)C1. The molecule has 1 unspecified atom stereocenters. The largest absolute Gasteiger partial charge is 0.369 e. The minimum atomic E-state index is -2.88. The number of hydrogen-bond donors (Lipinski definition) is 2. The van der Waals surface area contributed by atoms with Gasteiger partial charge in [-0.1, -0.05) is 18.2 Å². The van der Waals surface area contributed by atoms with Crippen LogP contribution in [0.2, 0.25) is 0 Å². The Kier molecular flexibility index (Phi) is 7.56. The Labute approximate surface area is 169 Å². The van der Waals surface area contributed by atoms with E-state index >= 15 is 0 Å². The highest BCUT2D eigenvalue weighted by atomic mass is 32.2. The molecule has 28 heavy (non-hydrogen) atoms. The van der Waals surface area contributed by atoms with E-state index < -0.39 is 9.84 Å². The van der Waals surface area contributed by atoms with E-state index in [9.17, 15) is 8.42 Å². The van der Waals surface area contributed by atoms with Crippen molar-refractivity contribution in [2.24, 2.45) is 4.99 Å². The summed E-state index contributed by atoms with van der Waals surface area (Å²) in [7, 11) is -2.88. The number of sulfone groups is 1. The standard InChI is InChI=1S/C20H33N5O2S/c1-2-21-20(23-18-9-16-28(26,27)17-18)22-10-6-11-24-12-14-25(15-13-24)19-7-4-3-5-8-19/h3-5,7-8,18H,2,6,9-17H2,1H3,(H2,21,22,23). The number of rotatable bonds is 7. The molecule has 8 heteroatoms. The van der Waals surface area contributed by atoms with Crippen molar-refractivity contribution < 1.29 is 8.42 Å². The molecule has 2 aliphatic rings. The van der Waals surface area contributed by atoms with Gasteiger partial charge < -0.3 is 15.5 Å². The molecule has 0 spiro atoms. The Morgan fingerprint density at radius 1 is 1.18 bits per heavy atom. The van der Waals surface area contributed by atoms with Crippen LogP contribution in [0.5, 0.6) is 0 Å². The van der Waals surface area contributed by atoms with Crippen LogP contribution in [0.1, 0.15) is 19.8 Å². The number of benzene rings is 1. The molecule has 0 bridgehead atoms. The van der Waals surface area contributed by atoms with Gasteiger partial charge in [-0.25, -0.2) is 8.42 Å². The second-order valence-corrected chi connectivity index (χ2v) is 9.75. The summed E-state index contributed by atoms with van der Waals surface area (Å²) in [5, 5.41) is 6.50. The maximum Gasteiger partial charge on any atom is 0.191 e. The van der Waals surface area contributed by atoms with E-state index in [2.05, 4.69) is 55.8 Å². The fourth-order valence-corrected chi connectivity index (χ4v) is 5.45. The van der Waals surface area contributed by atoms with E-state index in [1.807, 2.05) is 6.92 Å². The number of anilines is 1. The minimum absolute atomic E-state index is 0.0196. The van der Waals surface area contributed by atoms with Crippen molar-refractivity contribution in [3.8, 4) is 0 Å². The first-order chi connectivity index (χ1) is 13.6. The molecule has 3 rings (SSSR count). The van der Waals surface area contributed by atoms with Gasteiger partial charge in [0.05, 0.1) is 11.5 Å². The number of para-hydroxylation sites is 1. The van der Waals surface area contributed by atoms with Crippen LogP contribution in [0, 0.1) is 0 Å². The predicted molar refractivity (Wildman–Crippen MR) is 116 cm³/mol. The van der Waals surface area contributed by atoms with Crippen molar-refractivity contribution >= 4 is 21.5 Å². The second-order valence-electron chi connectivity index (χ2n) is 7.52. The van der Waals surface area contributed by atoms with Gasteiger partial charge in [0.15, 0.2) is 15.8 Å². The molecule has 0 radical (unpaired) electrons. The van der Waals surface area contributed by atoms with E-state index in [0.717, 1.165) is 58.2 Å². The van der Waals surface area contributed by atoms with Gasteiger partial charge >= 0.3 is 0 Å². The second kappa shape index (κ2) is 10.1. The molecule has 2 saturated heterocycles. The lowest BCUT2D eigenvalue weighted by molar-refractivity contribution is 0.256. The lowest BCUT2D eigenvalue weighted by Crippen LogP contribution is -2.46. The summed E-state index contributed by atoms with van der Waals surface area (Å²) in [5.41, 5.74) is 1.31. The number of nitrogens with one attached hydrogen (secondary N) is 2. The quantitative estimate of drug-likeness (QED) is 0.398. The van der Waals surface area contributed by atoms with Crippen molar-refractivity contribution in [3.05, 3.63) is 30.3 Å². The molecule has 0 saturated carbocycles. The average Bonchev–Trinajstić information content (AvgIpc) is 3.05. The van der Waals surface area contributed by atoms with Gasteiger partial charge in [0.25, 0.3) is 0 Å². The Hall–Kier alpha value is -1.80. The molecule has 1 aromatic carbocycles. The highest BCUT2D eigenvalue weighted by molar-refractivity contribution is 7.91. The maximum absolute atomic E-state index is 11.6. The molecule has 2 heterocycles. The van der Waals surface area contributed by atoms with Gasteiger partial charge in [0, 0.05) is 57.5 Å². The zero-order valence-corrected chi connectivity index (χ0v) is 17.6. The monoisotopic (exact) mass is 407 g/mol. The lowest BCUT2D eigenvalue weighted by Gasteiger charge is -2.36. The van der Waals surface area contributed by atoms with Crippen molar-refractivity contribution in [1.29, 1.82) is 0 Å². The minimum Gasteiger partial charge on any atom is -0.369 e. The fraction of sp³-hybridized carbons (Fsp3) is 0.650. The molecule has 2 aliphatic heterocycles. The topological polar surface area (TPSA) is 77.0 Å². The zero-order valence-electron chi connectivity index (χ0n) is 16.8. The van der Waals surface area contributed by atoms with Crippen molar-refractivity contribution in [3.63, 3.8) is 0 Å².